The van der Waals surface area contributed by atoms with E-state index in [0.29, 0.717) is 25.7 Å². The highest BCUT2D eigenvalue weighted by Gasteiger charge is 2.72. The van der Waals surface area contributed by atoms with E-state index in [1.54, 1.807) is 6.92 Å². The van der Waals surface area contributed by atoms with Crippen LogP contribution in [-0.2, 0) is 4.79 Å². The van der Waals surface area contributed by atoms with Crippen molar-refractivity contribution in [2.75, 3.05) is 0 Å². The molecule has 4 aliphatic rings. The molecule has 4 aliphatic carbocycles. The third-order valence-corrected chi connectivity index (χ3v) is 9.03. The van der Waals surface area contributed by atoms with E-state index in [0.717, 1.165) is 5.57 Å². The maximum Gasteiger partial charge on any atom is 0.417 e. The van der Waals surface area contributed by atoms with Crippen LogP contribution >= 0.6 is 11.6 Å². The first-order chi connectivity index (χ1) is 12.4. The molecule has 6 heteroatoms. The lowest BCUT2D eigenvalue weighted by Gasteiger charge is -2.60. The summed E-state index contributed by atoms with van der Waals surface area (Å²) in [6.07, 6.45) is 0.569. The Labute approximate surface area is 162 Å². The van der Waals surface area contributed by atoms with E-state index < -0.39 is 17.2 Å². The van der Waals surface area contributed by atoms with Crippen molar-refractivity contribution in [1.82, 2.24) is 0 Å². The lowest BCUT2D eigenvalue weighted by Crippen LogP contribution is -2.60. The molecule has 0 aromatic heterocycles. The Balaban J connectivity index is 1.77. The summed E-state index contributed by atoms with van der Waals surface area (Å²) in [5, 5.41) is 11.0. The smallest absolute Gasteiger partial charge is 0.380 e. The summed E-state index contributed by atoms with van der Waals surface area (Å²) in [5.74, 6) is -0.00524. The molecule has 2 unspecified atom stereocenters. The molecule has 7 atom stereocenters. The first-order valence-corrected chi connectivity index (χ1v) is 10.2. The van der Waals surface area contributed by atoms with Gasteiger partial charge in [-0.2, -0.15) is 13.2 Å². The number of carbonyl (C=O) groups is 1. The second kappa shape index (κ2) is 5.63. The summed E-state index contributed by atoms with van der Waals surface area (Å²) in [6.45, 7) is 5.78. The first-order valence-electron chi connectivity index (χ1n) is 9.78. The van der Waals surface area contributed by atoms with E-state index in [-0.39, 0.29) is 46.3 Å². The van der Waals surface area contributed by atoms with Gasteiger partial charge in [0.15, 0.2) is 11.4 Å². The number of halogens is 4. The molecule has 2 nitrogen and oxygen atoms in total. The Kier molecular flexibility index (Phi) is 4.06. The molecule has 3 fully saturated rings. The van der Waals surface area contributed by atoms with Gasteiger partial charge < -0.3 is 5.11 Å². The molecule has 0 spiro atoms. The second-order valence-electron chi connectivity index (χ2n) is 9.60. The maximum atomic E-state index is 13.8. The summed E-state index contributed by atoms with van der Waals surface area (Å²) < 4.78 is 41.4. The molecule has 0 heterocycles. The summed E-state index contributed by atoms with van der Waals surface area (Å²) in [4.78, 5) is 12.1. The quantitative estimate of drug-likeness (QED) is 0.589. The van der Waals surface area contributed by atoms with E-state index in [9.17, 15) is 23.1 Å². The number of hydrogen-bond acceptors (Lipinski definition) is 2. The number of ketones is 1. The Bertz CT molecular complexity index is 757. The van der Waals surface area contributed by atoms with Gasteiger partial charge in [0.1, 0.15) is 0 Å². The van der Waals surface area contributed by atoms with Gasteiger partial charge in [-0.1, -0.05) is 38.4 Å². The van der Waals surface area contributed by atoms with Crippen LogP contribution in [0.25, 0.3) is 0 Å². The van der Waals surface area contributed by atoms with Crippen molar-refractivity contribution in [3.8, 4) is 0 Å². The molecular formula is C21H26ClF3O2. The summed E-state index contributed by atoms with van der Waals surface area (Å²) in [6, 6.07) is 0. The van der Waals surface area contributed by atoms with Crippen molar-refractivity contribution >= 4 is 17.4 Å². The number of hydrogen-bond donors (Lipinski definition) is 1. The van der Waals surface area contributed by atoms with Crippen LogP contribution in [0.15, 0.2) is 22.8 Å². The topological polar surface area (TPSA) is 37.3 Å². The predicted molar refractivity (Wildman–Crippen MR) is 97.0 cm³/mol. The van der Waals surface area contributed by atoms with Crippen molar-refractivity contribution in [3.05, 3.63) is 22.8 Å². The molecule has 0 aromatic carbocycles. The zero-order valence-corrected chi connectivity index (χ0v) is 16.6. The molecule has 0 amide bonds. The third kappa shape index (κ3) is 2.27. The Morgan fingerprint density at radius 1 is 1.19 bits per heavy atom. The van der Waals surface area contributed by atoms with Gasteiger partial charge in [0, 0.05) is 10.8 Å². The van der Waals surface area contributed by atoms with Gasteiger partial charge in [-0.15, -0.1) is 0 Å². The van der Waals surface area contributed by atoms with Crippen LogP contribution in [0.3, 0.4) is 0 Å². The van der Waals surface area contributed by atoms with Crippen LogP contribution in [0.4, 0.5) is 13.2 Å². The average molecular weight is 403 g/mol. The number of aliphatic hydroxyl groups is 1. The lowest BCUT2D eigenvalue weighted by atomic mass is 9.45. The molecule has 4 rings (SSSR count). The van der Waals surface area contributed by atoms with E-state index in [4.69, 9.17) is 11.6 Å². The molecule has 0 aromatic rings. The molecule has 150 valence electrons. The fourth-order valence-corrected chi connectivity index (χ4v) is 7.44. The van der Waals surface area contributed by atoms with Gasteiger partial charge in [-0.05, 0) is 67.4 Å². The molecule has 0 aliphatic heterocycles. The largest absolute Gasteiger partial charge is 0.417 e. The van der Waals surface area contributed by atoms with Crippen molar-refractivity contribution < 1.29 is 23.1 Å². The van der Waals surface area contributed by atoms with Gasteiger partial charge in [-0.25, -0.2) is 0 Å². The van der Waals surface area contributed by atoms with E-state index in [2.05, 4.69) is 13.8 Å². The van der Waals surface area contributed by atoms with Crippen LogP contribution in [0.5, 0.6) is 0 Å². The van der Waals surface area contributed by atoms with Gasteiger partial charge in [0.25, 0.3) is 0 Å². The van der Waals surface area contributed by atoms with Crippen molar-refractivity contribution in [1.29, 1.82) is 0 Å². The van der Waals surface area contributed by atoms with Gasteiger partial charge in [0.05, 0.1) is 5.03 Å². The number of carbonyl (C=O) groups excluding carboxylic acids is 1. The zero-order valence-electron chi connectivity index (χ0n) is 15.9. The van der Waals surface area contributed by atoms with Crippen molar-refractivity contribution in [3.63, 3.8) is 0 Å². The molecule has 27 heavy (non-hydrogen) atoms. The maximum absolute atomic E-state index is 13.8. The fourth-order valence-electron chi connectivity index (χ4n) is 7.09. The van der Waals surface area contributed by atoms with Crippen molar-refractivity contribution in [2.24, 2.45) is 34.5 Å². The standard InChI is InChI=1S/C21H26ClF3O2/c1-11-10-14-17(22)15(26)6-7-18(14,2)12-4-8-19(3)13(16(11)12)5-9-20(19,27)21(23,24)25/h6-7,11-13,16,27H,4-5,8-10H2,1-3H3/t11?,12-,13-,16+,18+,19-,20?/m0/s1. The molecule has 0 radical (unpaired) electrons. The lowest BCUT2D eigenvalue weighted by molar-refractivity contribution is -0.303. The fraction of sp³-hybridized carbons (Fsp3) is 0.762. The Morgan fingerprint density at radius 2 is 1.81 bits per heavy atom. The van der Waals surface area contributed by atoms with Gasteiger partial charge >= 0.3 is 6.18 Å². The minimum Gasteiger partial charge on any atom is -0.380 e. The van der Waals surface area contributed by atoms with Crippen LogP contribution in [0, 0.1) is 34.5 Å². The molecular weight excluding hydrogens is 377 g/mol. The predicted octanol–water partition coefficient (Wildman–Crippen LogP) is 5.40. The number of alkyl halides is 3. The summed E-state index contributed by atoms with van der Waals surface area (Å²) in [5.41, 5.74) is -3.21. The van der Waals surface area contributed by atoms with Crippen LogP contribution in [0.2, 0.25) is 0 Å². The number of fused-ring (bicyclic) bond motifs is 5. The number of allylic oxidation sites excluding steroid dienone is 4. The van der Waals surface area contributed by atoms with E-state index in [1.165, 1.54) is 6.08 Å². The third-order valence-electron chi connectivity index (χ3n) is 8.62. The van der Waals surface area contributed by atoms with Crippen molar-refractivity contribution in [2.45, 2.75) is 64.7 Å². The SMILES string of the molecule is CC1CC2=C(Cl)C(=O)C=C[C@]2(C)[C@H]2CC[C@@]3(C)[C@@H](CCC3(O)C(F)(F)F)[C@H]12. The second-order valence-corrected chi connectivity index (χ2v) is 9.98. The number of rotatable bonds is 0. The molecule has 0 bridgehead atoms. The molecule has 3 saturated carbocycles. The average Bonchev–Trinajstić information content (AvgIpc) is 2.86. The van der Waals surface area contributed by atoms with Gasteiger partial charge in [-0.3, -0.25) is 4.79 Å². The minimum atomic E-state index is -4.61. The highest BCUT2D eigenvalue weighted by Crippen LogP contribution is 2.70. The van der Waals surface area contributed by atoms with Crippen LogP contribution in [0.1, 0.15) is 52.9 Å². The summed E-state index contributed by atoms with van der Waals surface area (Å²) >= 11 is 6.36. The molecule has 1 N–H and O–H groups in total. The normalized spacial score (nSPS) is 49.7. The highest BCUT2D eigenvalue weighted by atomic mass is 35.5. The molecule has 0 saturated heterocycles. The zero-order chi connectivity index (χ0) is 20.0. The van der Waals surface area contributed by atoms with Gasteiger partial charge in [0.2, 0.25) is 0 Å². The Hall–Kier alpha value is -0.810. The van der Waals surface area contributed by atoms with Crippen LogP contribution in [-0.4, -0.2) is 22.7 Å². The Morgan fingerprint density at radius 3 is 2.44 bits per heavy atom. The van der Waals surface area contributed by atoms with E-state index >= 15 is 0 Å². The summed E-state index contributed by atoms with van der Waals surface area (Å²) in [7, 11) is 0. The van der Waals surface area contributed by atoms with Crippen LogP contribution < -0.4 is 0 Å². The first kappa shape index (κ1) is 19.5. The highest BCUT2D eigenvalue weighted by molar-refractivity contribution is 6.45. The minimum absolute atomic E-state index is 0.0798. The van der Waals surface area contributed by atoms with E-state index in [1.807, 2.05) is 6.08 Å². The monoisotopic (exact) mass is 402 g/mol.